The molecule has 0 spiro atoms. The van der Waals surface area contributed by atoms with Crippen molar-refractivity contribution in [2.45, 2.75) is 26.3 Å². The van der Waals surface area contributed by atoms with Crippen molar-refractivity contribution < 1.29 is 9.53 Å². The Morgan fingerprint density at radius 2 is 2.21 bits per heavy atom. The van der Waals surface area contributed by atoms with Crippen molar-refractivity contribution in [3.05, 3.63) is 29.3 Å². The van der Waals surface area contributed by atoms with Crippen molar-refractivity contribution in [1.82, 2.24) is 10.2 Å². The molecular weight excluding hydrogens is 240 g/mol. The molecule has 4 nitrogen and oxygen atoms in total. The Morgan fingerprint density at radius 1 is 1.42 bits per heavy atom. The first kappa shape index (κ1) is 13.9. The fourth-order valence-corrected chi connectivity index (χ4v) is 2.22. The van der Waals surface area contributed by atoms with Gasteiger partial charge in [0.15, 0.2) is 6.61 Å². The number of nitrogens with one attached hydrogen (secondary N) is 1. The number of rotatable bonds is 4. The molecule has 0 radical (unpaired) electrons. The second-order valence-electron chi connectivity index (χ2n) is 5.19. The summed E-state index contributed by atoms with van der Waals surface area (Å²) in [4.78, 5) is 13.8. The van der Waals surface area contributed by atoms with Crippen LogP contribution in [0.25, 0.3) is 0 Å². The topological polar surface area (TPSA) is 41.6 Å². The standard InChI is InChI=1S/C15H22N2O2/c1-11-4-5-14(8-12(11)2)19-10-15(18)17(3)13-6-7-16-9-13/h4-5,8,13,16H,6-7,9-10H2,1-3H3. The third-order valence-corrected chi connectivity index (χ3v) is 3.82. The van der Waals surface area contributed by atoms with Crippen molar-refractivity contribution in [1.29, 1.82) is 0 Å². The van der Waals surface area contributed by atoms with Gasteiger partial charge in [0.05, 0.1) is 0 Å². The quantitative estimate of drug-likeness (QED) is 0.894. The summed E-state index contributed by atoms with van der Waals surface area (Å²) in [5, 5.41) is 3.26. The average molecular weight is 262 g/mol. The Labute approximate surface area is 114 Å². The lowest BCUT2D eigenvalue weighted by Crippen LogP contribution is -2.40. The first-order chi connectivity index (χ1) is 9.08. The molecule has 1 saturated heterocycles. The largest absolute Gasteiger partial charge is 0.484 e. The number of aryl methyl sites for hydroxylation is 2. The number of likely N-dealkylation sites (N-methyl/N-ethyl adjacent to an activating group) is 1. The number of hydrogen-bond donors (Lipinski definition) is 1. The zero-order chi connectivity index (χ0) is 13.8. The molecule has 1 heterocycles. The fourth-order valence-electron chi connectivity index (χ4n) is 2.22. The number of hydrogen-bond acceptors (Lipinski definition) is 3. The van der Waals surface area contributed by atoms with E-state index >= 15 is 0 Å². The second-order valence-corrected chi connectivity index (χ2v) is 5.19. The van der Waals surface area contributed by atoms with E-state index in [2.05, 4.69) is 12.2 Å². The van der Waals surface area contributed by atoms with Gasteiger partial charge >= 0.3 is 0 Å². The smallest absolute Gasteiger partial charge is 0.260 e. The summed E-state index contributed by atoms with van der Waals surface area (Å²) in [6.45, 7) is 6.08. The van der Waals surface area contributed by atoms with E-state index in [-0.39, 0.29) is 12.5 Å². The molecule has 4 heteroatoms. The minimum absolute atomic E-state index is 0.0342. The molecule has 1 aliphatic rings. The van der Waals surface area contributed by atoms with E-state index < -0.39 is 0 Å². The lowest BCUT2D eigenvalue weighted by Gasteiger charge is -2.23. The number of carbonyl (C=O) groups excluding carboxylic acids is 1. The van der Waals surface area contributed by atoms with E-state index in [1.807, 2.05) is 32.2 Å². The highest BCUT2D eigenvalue weighted by Gasteiger charge is 2.23. The van der Waals surface area contributed by atoms with Crippen LogP contribution in [0.1, 0.15) is 17.5 Å². The molecule has 1 aromatic carbocycles. The molecule has 1 fully saturated rings. The van der Waals surface area contributed by atoms with Gasteiger partial charge in [-0.2, -0.15) is 0 Å². The summed E-state index contributed by atoms with van der Waals surface area (Å²) in [7, 11) is 1.85. The first-order valence-electron chi connectivity index (χ1n) is 6.74. The van der Waals surface area contributed by atoms with Crippen LogP contribution in [0.3, 0.4) is 0 Å². The van der Waals surface area contributed by atoms with Crippen LogP contribution in [0.2, 0.25) is 0 Å². The Morgan fingerprint density at radius 3 is 2.84 bits per heavy atom. The van der Waals surface area contributed by atoms with Crippen LogP contribution < -0.4 is 10.1 Å². The van der Waals surface area contributed by atoms with E-state index in [1.165, 1.54) is 11.1 Å². The predicted molar refractivity (Wildman–Crippen MR) is 75.5 cm³/mol. The predicted octanol–water partition coefficient (Wildman–Crippen LogP) is 1.50. The summed E-state index contributed by atoms with van der Waals surface area (Å²) >= 11 is 0. The van der Waals surface area contributed by atoms with Crippen molar-refractivity contribution in [3.63, 3.8) is 0 Å². The Hall–Kier alpha value is -1.55. The van der Waals surface area contributed by atoms with Crippen molar-refractivity contribution in [2.75, 3.05) is 26.7 Å². The lowest BCUT2D eigenvalue weighted by molar-refractivity contribution is -0.133. The molecule has 19 heavy (non-hydrogen) atoms. The Balaban J connectivity index is 1.87. The summed E-state index contributed by atoms with van der Waals surface area (Å²) in [5.41, 5.74) is 2.41. The maximum absolute atomic E-state index is 12.0. The van der Waals surface area contributed by atoms with E-state index in [1.54, 1.807) is 4.90 Å². The van der Waals surface area contributed by atoms with Crippen molar-refractivity contribution >= 4 is 5.91 Å². The maximum atomic E-state index is 12.0. The van der Waals surface area contributed by atoms with E-state index in [4.69, 9.17) is 4.74 Å². The summed E-state index contributed by atoms with van der Waals surface area (Å²) in [5.74, 6) is 0.793. The molecule has 0 aliphatic carbocycles. The molecule has 0 aromatic heterocycles. The van der Waals surface area contributed by atoms with Crippen molar-refractivity contribution in [3.8, 4) is 5.75 Å². The van der Waals surface area contributed by atoms with Crippen LogP contribution in [0.5, 0.6) is 5.75 Å². The molecule has 0 bridgehead atoms. The number of benzene rings is 1. The Bertz CT molecular complexity index is 453. The normalized spacial score (nSPS) is 18.4. The molecule has 1 unspecified atom stereocenters. The van der Waals surface area contributed by atoms with E-state index in [0.29, 0.717) is 6.04 Å². The molecule has 1 aromatic rings. The van der Waals surface area contributed by atoms with Crippen LogP contribution in [-0.4, -0.2) is 43.6 Å². The second kappa shape index (κ2) is 6.06. The monoisotopic (exact) mass is 262 g/mol. The molecule has 2 rings (SSSR count). The number of carbonyl (C=O) groups is 1. The van der Waals surface area contributed by atoms with Gasteiger partial charge in [0.2, 0.25) is 0 Å². The van der Waals surface area contributed by atoms with Gasteiger partial charge in [-0.3, -0.25) is 4.79 Å². The van der Waals surface area contributed by atoms with Gasteiger partial charge in [0, 0.05) is 19.6 Å². The van der Waals surface area contributed by atoms with E-state index in [0.717, 1.165) is 25.3 Å². The van der Waals surface area contributed by atoms with Gasteiger partial charge in [0.25, 0.3) is 5.91 Å². The van der Waals surface area contributed by atoms with E-state index in [9.17, 15) is 4.79 Å². The molecule has 1 N–H and O–H groups in total. The molecule has 0 saturated carbocycles. The third kappa shape index (κ3) is 3.47. The SMILES string of the molecule is Cc1ccc(OCC(=O)N(C)C2CCNC2)cc1C. The minimum atomic E-state index is 0.0342. The number of amides is 1. The van der Waals surface area contributed by atoms with Crippen LogP contribution in [0.4, 0.5) is 0 Å². The highest BCUT2D eigenvalue weighted by Crippen LogP contribution is 2.16. The van der Waals surface area contributed by atoms with Gasteiger partial charge < -0.3 is 15.0 Å². The Kier molecular flexibility index (Phi) is 4.43. The summed E-state index contributed by atoms with van der Waals surface area (Å²) in [6, 6.07) is 6.20. The molecule has 1 aliphatic heterocycles. The van der Waals surface area contributed by atoms with Crippen LogP contribution >= 0.6 is 0 Å². The minimum Gasteiger partial charge on any atom is -0.484 e. The summed E-state index contributed by atoms with van der Waals surface area (Å²) in [6.07, 6.45) is 1.02. The lowest BCUT2D eigenvalue weighted by atomic mass is 10.1. The molecule has 1 amide bonds. The number of ether oxygens (including phenoxy) is 1. The van der Waals surface area contributed by atoms with Gasteiger partial charge in [-0.15, -0.1) is 0 Å². The first-order valence-corrected chi connectivity index (χ1v) is 6.74. The molecular formula is C15H22N2O2. The zero-order valence-corrected chi connectivity index (χ0v) is 11.9. The molecule has 104 valence electrons. The average Bonchev–Trinajstić information content (AvgIpc) is 2.93. The summed E-state index contributed by atoms with van der Waals surface area (Å²) < 4.78 is 5.57. The van der Waals surface area contributed by atoms with Crippen LogP contribution in [-0.2, 0) is 4.79 Å². The highest BCUT2D eigenvalue weighted by atomic mass is 16.5. The maximum Gasteiger partial charge on any atom is 0.260 e. The van der Waals surface area contributed by atoms with Gasteiger partial charge in [0.1, 0.15) is 5.75 Å². The van der Waals surface area contributed by atoms with Crippen molar-refractivity contribution in [2.24, 2.45) is 0 Å². The fraction of sp³-hybridized carbons (Fsp3) is 0.533. The van der Waals surface area contributed by atoms with Crippen LogP contribution in [0, 0.1) is 13.8 Å². The van der Waals surface area contributed by atoms with Crippen LogP contribution in [0.15, 0.2) is 18.2 Å². The number of nitrogens with zero attached hydrogens (tertiary/aromatic N) is 1. The highest BCUT2D eigenvalue weighted by molar-refractivity contribution is 5.77. The van der Waals surface area contributed by atoms with Gasteiger partial charge in [-0.1, -0.05) is 6.07 Å². The zero-order valence-electron chi connectivity index (χ0n) is 11.9. The van der Waals surface area contributed by atoms with Gasteiger partial charge in [-0.05, 0) is 50.1 Å². The third-order valence-electron chi connectivity index (χ3n) is 3.82. The molecule has 1 atom stereocenters. The van der Waals surface area contributed by atoms with Gasteiger partial charge in [-0.25, -0.2) is 0 Å².